The van der Waals surface area contributed by atoms with Gasteiger partial charge in [0.25, 0.3) is 0 Å². The third-order valence-corrected chi connectivity index (χ3v) is 1.99. The minimum absolute atomic E-state index is 0.0995. The van der Waals surface area contributed by atoms with Gasteiger partial charge in [-0.3, -0.25) is 0 Å². The molecule has 0 heterocycles. The van der Waals surface area contributed by atoms with E-state index in [0.29, 0.717) is 0 Å². The highest BCUT2D eigenvalue weighted by molar-refractivity contribution is 5.89. The van der Waals surface area contributed by atoms with Gasteiger partial charge in [0.15, 0.2) is 0 Å². The molecule has 0 spiro atoms. The molecule has 0 unspecified atom stereocenters. The van der Waals surface area contributed by atoms with Crippen molar-refractivity contribution < 1.29 is 22.7 Å². The van der Waals surface area contributed by atoms with Gasteiger partial charge in [-0.1, -0.05) is 12.2 Å². The monoisotopic (exact) mass is 244 g/mol. The van der Waals surface area contributed by atoms with E-state index < -0.39 is 17.7 Å². The Balaban J connectivity index is 2.71. The van der Waals surface area contributed by atoms with Crippen LogP contribution in [0.3, 0.4) is 0 Å². The van der Waals surface area contributed by atoms with Crippen molar-refractivity contribution >= 4 is 5.97 Å². The summed E-state index contributed by atoms with van der Waals surface area (Å²) in [4.78, 5) is 11.3. The number of carbonyl (C=O) groups is 1. The Morgan fingerprint density at radius 2 is 1.88 bits per heavy atom. The van der Waals surface area contributed by atoms with Gasteiger partial charge in [-0.25, -0.2) is 4.79 Å². The maximum atomic E-state index is 12.2. The molecule has 0 aliphatic heterocycles. The van der Waals surface area contributed by atoms with Crippen molar-refractivity contribution in [1.82, 2.24) is 0 Å². The number of alkyl halides is 3. The van der Waals surface area contributed by atoms with Crippen LogP contribution in [0, 0.1) is 0 Å². The van der Waals surface area contributed by atoms with Crippen LogP contribution in [-0.2, 0) is 10.9 Å². The Morgan fingerprint density at radius 3 is 2.35 bits per heavy atom. The van der Waals surface area contributed by atoms with Crippen molar-refractivity contribution in [2.75, 3.05) is 6.61 Å². The van der Waals surface area contributed by atoms with Gasteiger partial charge in [-0.15, -0.1) is 0 Å². The number of halogens is 3. The summed E-state index contributed by atoms with van der Waals surface area (Å²) in [5.41, 5.74) is -0.690. The summed E-state index contributed by atoms with van der Waals surface area (Å²) in [6.45, 7) is 1.88. The molecule has 0 bridgehead atoms. The van der Waals surface area contributed by atoms with Gasteiger partial charge in [0, 0.05) is 0 Å². The number of hydrogen-bond donors (Lipinski definition) is 0. The lowest BCUT2D eigenvalue weighted by Crippen LogP contribution is -2.08. The molecule has 0 aliphatic rings. The second kappa shape index (κ2) is 5.52. The smallest absolute Gasteiger partial charge is 0.416 e. The van der Waals surface area contributed by atoms with E-state index in [9.17, 15) is 18.0 Å². The maximum Gasteiger partial charge on any atom is 0.416 e. The second-order valence-corrected chi connectivity index (χ2v) is 3.24. The Kier molecular flexibility index (Phi) is 4.31. The lowest BCUT2D eigenvalue weighted by atomic mass is 10.1. The van der Waals surface area contributed by atoms with E-state index in [1.807, 2.05) is 0 Å². The summed E-state index contributed by atoms with van der Waals surface area (Å²) in [5, 5.41) is 0. The van der Waals surface area contributed by atoms with E-state index in [-0.39, 0.29) is 12.2 Å². The molecule has 0 saturated heterocycles. The van der Waals surface area contributed by atoms with Gasteiger partial charge in [0.1, 0.15) is 6.61 Å². The summed E-state index contributed by atoms with van der Waals surface area (Å²) in [6, 6.07) is 3.90. The van der Waals surface area contributed by atoms with Crippen LogP contribution in [0.25, 0.3) is 0 Å². The molecule has 1 aromatic rings. The predicted molar refractivity (Wildman–Crippen MR) is 56.5 cm³/mol. The van der Waals surface area contributed by atoms with Gasteiger partial charge in [-0.05, 0) is 31.2 Å². The minimum Gasteiger partial charge on any atom is -0.458 e. The number of hydrogen-bond acceptors (Lipinski definition) is 2. The molecule has 0 aromatic heterocycles. The van der Waals surface area contributed by atoms with Gasteiger partial charge >= 0.3 is 12.1 Å². The predicted octanol–water partition coefficient (Wildman–Crippen LogP) is 3.44. The van der Waals surface area contributed by atoms with Crippen molar-refractivity contribution in [3.63, 3.8) is 0 Å². The average molecular weight is 244 g/mol. The van der Waals surface area contributed by atoms with E-state index in [1.54, 1.807) is 19.1 Å². The Bertz CT molecular complexity index is 405. The molecule has 0 aliphatic carbocycles. The largest absolute Gasteiger partial charge is 0.458 e. The fourth-order valence-electron chi connectivity index (χ4n) is 1.10. The molecule has 0 amide bonds. The van der Waals surface area contributed by atoms with Crippen LogP contribution < -0.4 is 0 Å². The van der Waals surface area contributed by atoms with Crippen LogP contribution in [0.5, 0.6) is 0 Å². The number of carbonyl (C=O) groups excluding carboxylic acids is 1. The zero-order valence-electron chi connectivity index (χ0n) is 9.12. The number of rotatable bonds is 3. The van der Waals surface area contributed by atoms with Gasteiger partial charge in [0.2, 0.25) is 0 Å². The average Bonchev–Trinajstić information content (AvgIpc) is 2.28. The molecule has 92 valence electrons. The fraction of sp³-hybridized carbons (Fsp3) is 0.250. The SMILES string of the molecule is C/C=C/COC(=O)c1ccc(C(F)(F)F)cc1. The first-order chi connectivity index (χ1) is 7.95. The molecule has 0 radical (unpaired) electrons. The highest BCUT2D eigenvalue weighted by atomic mass is 19.4. The van der Waals surface area contributed by atoms with Crippen molar-refractivity contribution in [2.45, 2.75) is 13.1 Å². The van der Waals surface area contributed by atoms with Crippen LogP contribution in [0.4, 0.5) is 13.2 Å². The Labute approximate surface area is 96.7 Å². The molecule has 5 heteroatoms. The van der Waals surface area contributed by atoms with Gasteiger partial charge < -0.3 is 4.74 Å². The minimum atomic E-state index is -4.40. The van der Waals surface area contributed by atoms with E-state index in [2.05, 4.69) is 0 Å². The van der Waals surface area contributed by atoms with Crippen LogP contribution in [-0.4, -0.2) is 12.6 Å². The lowest BCUT2D eigenvalue weighted by molar-refractivity contribution is -0.137. The normalized spacial score (nSPS) is 11.8. The molecule has 1 aromatic carbocycles. The van der Waals surface area contributed by atoms with Crippen LogP contribution in [0.2, 0.25) is 0 Å². The number of ether oxygens (including phenoxy) is 1. The Hall–Kier alpha value is -1.78. The zero-order chi connectivity index (χ0) is 12.9. The van der Waals surface area contributed by atoms with Crippen molar-refractivity contribution in [3.05, 3.63) is 47.5 Å². The first-order valence-electron chi connectivity index (χ1n) is 4.90. The number of allylic oxidation sites excluding steroid dienone is 1. The lowest BCUT2D eigenvalue weighted by Gasteiger charge is -2.07. The van der Waals surface area contributed by atoms with E-state index in [1.165, 1.54) is 0 Å². The highest BCUT2D eigenvalue weighted by Gasteiger charge is 2.30. The molecule has 17 heavy (non-hydrogen) atoms. The fourth-order valence-corrected chi connectivity index (χ4v) is 1.10. The van der Waals surface area contributed by atoms with Gasteiger partial charge in [0.05, 0.1) is 11.1 Å². The maximum absolute atomic E-state index is 12.2. The molecule has 0 saturated carbocycles. The van der Waals surface area contributed by atoms with Crippen LogP contribution >= 0.6 is 0 Å². The Morgan fingerprint density at radius 1 is 1.29 bits per heavy atom. The molecule has 2 nitrogen and oxygen atoms in total. The topological polar surface area (TPSA) is 26.3 Å². The first kappa shape index (κ1) is 13.3. The highest BCUT2D eigenvalue weighted by Crippen LogP contribution is 2.29. The van der Waals surface area contributed by atoms with E-state index in [0.717, 1.165) is 24.3 Å². The molecule has 0 atom stereocenters. The molecule has 0 fully saturated rings. The third-order valence-electron chi connectivity index (χ3n) is 1.99. The van der Waals surface area contributed by atoms with Crippen LogP contribution in [0.15, 0.2) is 36.4 Å². The molecule has 0 N–H and O–H groups in total. The van der Waals surface area contributed by atoms with Gasteiger partial charge in [-0.2, -0.15) is 13.2 Å². The van der Waals surface area contributed by atoms with E-state index >= 15 is 0 Å². The van der Waals surface area contributed by atoms with Crippen molar-refractivity contribution in [3.8, 4) is 0 Å². The molecule has 1 rings (SSSR count). The zero-order valence-corrected chi connectivity index (χ0v) is 9.12. The summed E-state index contributed by atoms with van der Waals surface area (Å²) < 4.78 is 41.5. The standard InChI is InChI=1S/C12H11F3O2/c1-2-3-8-17-11(16)9-4-6-10(7-5-9)12(13,14)15/h2-7H,8H2,1H3/b3-2+. The van der Waals surface area contributed by atoms with E-state index in [4.69, 9.17) is 4.74 Å². The number of benzene rings is 1. The molecular formula is C12H11F3O2. The first-order valence-corrected chi connectivity index (χ1v) is 4.90. The van der Waals surface area contributed by atoms with Crippen LogP contribution in [0.1, 0.15) is 22.8 Å². The summed E-state index contributed by atoms with van der Waals surface area (Å²) in [7, 11) is 0. The summed E-state index contributed by atoms with van der Waals surface area (Å²) in [6.07, 6.45) is -1.06. The third kappa shape index (κ3) is 3.94. The quantitative estimate of drug-likeness (QED) is 0.601. The summed E-state index contributed by atoms with van der Waals surface area (Å²) in [5.74, 6) is -0.642. The van der Waals surface area contributed by atoms with Crippen molar-refractivity contribution in [1.29, 1.82) is 0 Å². The van der Waals surface area contributed by atoms with Crippen molar-refractivity contribution in [2.24, 2.45) is 0 Å². The molecular weight excluding hydrogens is 233 g/mol. The second-order valence-electron chi connectivity index (χ2n) is 3.24. The summed E-state index contributed by atoms with van der Waals surface area (Å²) >= 11 is 0. The number of esters is 1.